The number of aromatic nitrogens is 2. The van der Waals surface area contributed by atoms with E-state index in [0.29, 0.717) is 18.9 Å². The van der Waals surface area contributed by atoms with Gasteiger partial charge >= 0.3 is 6.03 Å². The molecule has 2 aromatic rings. The number of nitrogens with zero attached hydrogens (tertiary/aromatic N) is 3. The van der Waals surface area contributed by atoms with Crippen molar-refractivity contribution in [2.24, 2.45) is 5.73 Å². The molecule has 8 heteroatoms. The van der Waals surface area contributed by atoms with Crippen LogP contribution in [-0.4, -0.2) is 41.0 Å². The van der Waals surface area contributed by atoms with Crippen molar-refractivity contribution < 1.29 is 9.59 Å². The molecule has 0 spiro atoms. The number of nitrogens with one attached hydrogen (secondary N) is 2. The highest BCUT2D eigenvalue weighted by molar-refractivity contribution is 6.05. The lowest BCUT2D eigenvalue weighted by Crippen LogP contribution is -2.50. The minimum atomic E-state index is -0.414. The van der Waals surface area contributed by atoms with Crippen LogP contribution in [0.15, 0.2) is 24.5 Å². The number of imidazole rings is 1. The van der Waals surface area contributed by atoms with Crippen LogP contribution in [-0.2, 0) is 4.79 Å². The van der Waals surface area contributed by atoms with Crippen molar-refractivity contribution in [2.75, 3.05) is 29.9 Å². The molecule has 0 aliphatic carbocycles. The molecule has 1 fully saturated rings. The topological polar surface area (TPSA) is 105 Å². The molecule has 0 atom stereocenters. The van der Waals surface area contributed by atoms with Crippen molar-refractivity contribution in [2.45, 2.75) is 12.8 Å². The van der Waals surface area contributed by atoms with E-state index in [1.54, 1.807) is 6.20 Å². The van der Waals surface area contributed by atoms with E-state index < -0.39 is 6.03 Å². The lowest BCUT2D eigenvalue weighted by molar-refractivity contribution is -0.120. The summed E-state index contributed by atoms with van der Waals surface area (Å²) in [5, 5.41) is 5.58. The lowest BCUT2D eigenvalue weighted by Gasteiger charge is -2.25. The number of carbonyl (C=O) groups excluding carboxylic acids is 2. The molecule has 1 saturated heterocycles. The van der Waals surface area contributed by atoms with Crippen molar-refractivity contribution in [3.8, 4) is 0 Å². The standard InChI is InChI=1S/C14H18N6O2/c15-4-1-5-16-10-2-6-19-11(8-10)17-9-13(19)20-7-3-12(21)18-14(20)22/h2,6,8-9,16H,1,3-5,7,15H2,(H,18,21,22). The van der Waals surface area contributed by atoms with Crippen LogP contribution in [0.4, 0.5) is 16.3 Å². The van der Waals surface area contributed by atoms with E-state index in [0.717, 1.165) is 24.3 Å². The number of nitrogens with two attached hydrogens (primary N) is 1. The van der Waals surface area contributed by atoms with E-state index in [-0.39, 0.29) is 12.3 Å². The highest BCUT2D eigenvalue weighted by Gasteiger charge is 2.26. The van der Waals surface area contributed by atoms with Gasteiger partial charge in [-0.3, -0.25) is 19.4 Å². The first-order chi connectivity index (χ1) is 10.7. The number of pyridine rings is 1. The Balaban J connectivity index is 1.83. The molecular formula is C14H18N6O2. The zero-order valence-corrected chi connectivity index (χ0v) is 12.1. The Morgan fingerprint density at radius 1 is 1.41 bits per heavy atom. The Hall–Kier alpha value is -2.61. The van der Waals surface area contributed by atoms with Gasteiger partial charge in [0.2, 0.25) is 5.91 Å². The zero-order chi connectivity index (χ0) is 15.5. The third-order valence-electron chi connectivity index (χ3n) is 3.53. The molecule has 3 rings (SSSR count). The van der Waals surface area contributed by atoms with E-state index in [2.05, 4.69) is 15.6 Å². The molecule has 8 nitrogen and oxygen atoms in total. The molecule has 4 N–H and O–H groups in total. The maximum absolute atomic E-state index is 11.9. The Morgan fingerprint density at radius 3 is 3.05 bits per heavy atom. The Labute approximate surface area is 127 Å². The largest absolute Gasteiger partial charge is 0.385 e. The van der Waals surface area contributed by atoms with Gasteiger partial charge in [0.05, 0.1) is 6.20 Å². The fourth-order valence-electron chi connectivity index (χ4n) is 2.39. The van der Waals surface area contributed by atoms with Crippen LogP contribution in [0.2, 0.25) is 0 Å². The van der Waals surface area contributed by atoms with Crippen molar-refractivity contribution in [3.05, 3.63) is 24.5 Å². The molecule has 0 radical (unpaired) electrons. The average Bonchev–Trinajstić information content (AvgIpc) is 2.91. The van der Waals surface area contributed by atoms with Crippen molar-refractivity contribution in [1.29, 1.82) is 0 Å². The summed E-state index contributed by atoms with van der Waals surface area (Å²) in [5.41, 5.74) is 7.16. The predicted octanol–water partition coefficient (Wildman–Crippen LogP) is 0.541. The first kappa shape index (κ1) is 14.3. The maximum Gasteiger partial charge on any atom is 0.329 e. The average molecular weight is 302 g/mol. The molecule has 22 heavy (non-hydrogen) atoms. The molecule has 0 saturated carbocycles. The number of carbonyl (C=O) groups is 2. The molecule has 2 aromatic heterocycles. The van der Waals surface area contributed by atoms with Crippen LogP contribution in [0.5, 0.6) is 0 Å². The summed E-state index contributed by atoms with van der Waals surface area (Å²) in [5.74, 6) is 0.398. The molecule has 0 bridgehead atoms. The molecule has 1 aliphatic rings. The van der Waals surface area contributed by atoms with Gasteiger partial charge in [0.25, 0.3) is 0 Å². The van der Waals surface area contributed by atoms with E-state index in [1.165, 1.54) is 4.90 Å². The quantitative estimate of drug-likeness (QED) is 0.699. The van der Waals surface area contributed by atoms with Gasteiger partial charge in [-0.1, -0.05) is 0 Å². The number of anilines is 2. The highest BCUT2D eigenvalue weighted by atomic mass is 16.2. The number of rotatable bonds is 5. The van der Waals surface area contributed by atoms with Gasteiger partial charge in [-0.25, -0.2) is 9.78 Å². The lowest BCUT2D eigenvalue weighted by atomic mass is 10.3. The van der Waals surface area contributed by atoms with Crippen LogP contribution in [0.1, 0.15) is 12.8 Å². The Kier molecular flexibility index (Phi) is 3.92. The number of amides is 3. The van der Waals surface area contributed by atoms with Crippen molar-refractivity contribution in [1.82, 2.24) is 14.7 Å². The number of hydrogen-bond acceptors (Lipinski definition) is 5. The van der Waals surface area contributed by atoms with Gasteiger partial charge in [-0.2, -0.15) is 0 Å². The summed E-state index contributed by atoms with van der Waals surface area (Å²) in [7, 11) is 0. The first-order valence-electron chi connectivity index (χ1n) is 7.21. The fourth-order valence-corrected chi connectivity index (χ4v) is 2.39. The third kappa shape index (κ3) is 2.73. The second-order valence-corrected chi connectivity index (χ2v) is 5.08. The smallest absolute Gasteiger partial charge is 0.329 e. The van der Waals surface area contributed by atoms with Gasteiger partial charge in [0.15, 0.2) is 0 Å². The summed E-state index contributed by atoms with van der Waals surface area (Å²) in [6.45, 7) is 1.80. The molecule has 116 valence electrons. The van der Waals surface area contributed by atoms with E-state index in [4.69, 9.17) is 5.73 Å². The summed E-state index contributed by atoms with van der Waals surface area (Å²) < 4.78 is 1.82. The number of imide groups is 1. The van der Waals surface area contributed by atoms with E-state index in [9.17, 15) is 9.59 Å². The normalized spacial score (nSPS) is 15.2. The number of hydrogen-bond donors (Lipinski definition) is 3. The molecule has 3 heterocycles. The first-order valence-corrected chi connectivity index (χ1v) is 7.21. The molecule has 0 aromatic carbocycles. The minimum Gasteiger partial charge on any atom is -0.385 e. The van der Waals surface area contributed by atoms with E-state index in [1.807, 2.05) is 22.7 Å². The fraction of sp³-hybridized carbons (Fsp3) is 0.357. The van der Waals surface area contributed by atoms with Crippen LogP contribution < -0.4 is 21.3 Å². The zero-order valence-electron chi connectivity index (χ0n) is 12.1. The van der Waals surface area contributed by atoms with Crippen LogP contribution in [0, 0.1) is 0 Å². The van der Waals surface area contributed by atoms with Crippen LogP contribution in [0.25, 0.3) is 5.65 Å². The van der Waals surface area contributed by atoms with Crippen molar-refractivity contribution >= 4 is 29.1 Å². The Bertz CT molecular complexity index is 710. The summed E-state index contributed by atoms with van der Waals surface area (Å²) >= 11 is 0. The second kappa shape index (κ2) is 6.02. The van der Waals surface area contributed by atoms with Gasteiger partial charge in [0, 0.05) is 37.5 Å². The minimum absolute atomic E-state index is 0.249. The van der Waals surface area contributed by atoms with Gasteiger partial charge in [-0.05, 0) is 19.0 Å². The summed E-state index contributed by atoms with van der Waals surface area (Å²) in [6, 6.07) is 3.41. The number of fused-ring (bicyclic) bond motifs is 1. The number of urea groups is 1. The molecule has 3 amide bonds. The maximum atomic E-state index is 11.9. The van der Waals surface area contributed by atoms with Gasteiger partial charge < -0.3 is 11.1 Å². The van der Waals surface area contributed by atoms with Crippen molar-refractivity contribution in [3.63, 3.8) is 0 Å². The van der Waals surface area contributed by atoms with Gasteiger partial charge in [-0.15, -0.1) is 0 Å². The molecule has 1 aliphatic heterocycles. The molecular weight excluding hydrogens is 284 g/mol. The van der Waals surface area contributed by atoms with Crippen LogP contribution in [0.3, 0.4) is 0 Å². The van der Waals surface area contributed by atoms with E-state index >= 15 is 0 Å². The monoisotopic (exact) mass is 302 g/mol. The van der Waals surface area contributed by atoms with Crippen LogP contribution >= 0.6 is 0 Å². The highest BCUT2D eigenvalue weighted by Crippen LogP contribution is 2.21. The predicted molar refractivity (Wildman–Crippen MR) is 82.9 cm³/mol. The summed E-state index contributed by atoms with van der Waals surface area (Å²) in [6.07, 6.45) is 4.67. The van der Waals surface area contributed by atoms with Gasteiger partial charge in [0.1, 0.15) is 11.5 Å². The third-order valence-corrected chi connectivity index (χ3v) is 3.53. The summed E-state index contributed by atoms with van der Waals surface area (Å²) in [4.78, 5) is 29.0. The molecule has 0 unspecified atom stereocenters. The Morgan fingerprint density at radius 2 is 2.27 bits per heavy atom. The second-order valence-electron chi connectivity index (χ2n) is 5.08. The SMILES string of the molecule is NCCCNc1ccn2c(N3CCC(=O)NC3=O)cnc2c1.